The monoisotopic (exact) mass is 274 g/mol. The molecule has 0 saturated carbocycles. The first-order valence-electron chi connectivity index (χ1n) is 7.92. The Bertz CT molecular complexity index is 480. The molecule has 1 aromatic carbocycles. The fourth-order valence-electron chi connectivity index (χ4n) is 4.11. The van der Waals surface area contributed by atoms with E-state index < -0.39 is 0 Å². The molecule has 2 heteroatoms. The van der Waals surface area contributed by atoms with E-state index in [1.165, 1.54) is 17.5 Å². The molecule has 0 bridgehead atoms. The molecule has 1 aliphatic carbocycles. The lowest BCUT2D eigenvalue weighted by atomic mass is 9.67. The van der Waals surface area contributed by atoms with Crippen LogP contribution in [0.5, 0.6) is 0 Å². The van der Waals surface area contributed by atoms with Gasteiger partial charge in [-0.15, -0.1) is 0 Å². The van der Waals surface area contributed by atoms with Crippen molar-refractivity contribution in [3.05, 3.63) is 35.4 Å². The molecule has 20 heavy (non-hydrogen) atoms. The number of hydrogen-bond acceptors (Lipinski definition) is 2. The van der Waals surface area contributed by atoms with E-state index in [1.807, 2.05) is 0 Å². The summed E-state index contributed by atoms with van der Waals surface area (Å²) in [7, 11) is 0. The van der Waals surface area contributed by atoms with Gasteiger partial charge < -0.3 is 9.84 Å². The summed E-state index contributed by atoms with van der Waals surface area (Å²) in [6.45, 7) is 4.59. The Kier molecular flexibility index (Phi) is 3.64. The van der Waals surface area contributed by atoms with Crippen LogP contribution in [0, 0.1) is 0 Å². The fourth-order valence-corrected chi connectivity index (χ4v) is 4.11. The molecule has 0 aromatic heterocycles. The van der Waals surface area contributed by atoms with E-state index in [0.717, 1.165) is 32.1 Å². The van der Waals surface area contributed by atoms with Gasteiger partial charge >= 0.3 is 0 Å². The maximum atomic E-state index is 10.1. The zero-order chi connectivity index (χ0) is 14.2. The van der Waals surface area contributed by atoms with Crippen LogP contribution in [-0.2, 0) is 16.6 Å². The highest BCUT2D eigenvalue weighted by atomic mass is 16.5. The number of aliphatic hydroxyl groups excluding tert-OH is 1. The van der Waals surface area contributed by atoms with E-state index in [-0.39, 0.29) is 17.6 Å². The predicted molar refractivity (Wildman–Crippen MR) is 80.9 cm³/mol. The average Bonchev–Trinajstić information content (AvgIpc) is 2.78. The van der Waals surface area contributed by atoms with Gasteiger partial charge in [0.15, 0.2) is 0 Å². The quantitative estimate of drug-likeness (QED) is 0.912. The predicted octanol–water partition coefficient (Wildman–Crippen LogP) is 3.60. The molecule has 1 aromatic rings. The molecular weight excluding hydrogens is 248 g/mol. The maximum absolute atomic E-state index is 10.1. The molecule has 2 unspecified atom stereocenters. The van der Waals surface area contributed by atoms with Crippen molar-refractivity contribution in [1.29, 1.82) is 0 Å². The van der Waals surface area contributed by atoms with Crippen LogP contribution in [0.25, 0.3) is 0 Å². The summed E-state index contributed by atoms with van der Waals surface area (Å²) in [6.07, 6.45) is 6.91. The maximum Gasteiger partial charge on any atom is 0.0631 e. The van der Waals surface area contributed by atoms with Crippen molar-refractivity contribution in [3.63, 3.8) is 0 Å². The smallest absolute Gasteiger partial charge is 0.0631 e. The van der Waals surface area contributed by atoms with Crippen LogP contribution in [0.1, 0.15) is 57.1 Å². The average molecular weight is 274 g/mol. The van der Waals surface area contributed by atoms with Crippen LogP contribution in [0.15, 0.2) is 24.3 Å². The number of aryl methyl sites for hydroxylation is 1. The third-order valence-electron chi connectivity index (χ3n) is 5.17. The van der Waals surface area contributed by atoms with E-state index in [4.69, 9.17) is 4.74 Å². The van der Waals surface area contributed by atoms with Gasteiger partial charge in [0.05, 0.1) is 18.3 Å². The Balaban J connectivity index is 1.86. The minimum atomic E-state index is -0.0834. The molecule has 3 rings (SSSR count). The first-order valence-corrected chi connectivity index (χ1v) is 7.92. The number of rotatable bonds is 3. The van der Waals surface area contributed by atoms with Crippen LogP contribution < -0.4 is 0 Å². The minimum absolute atomic E-state index is 0.00942. The summed E-state index contributed by atoms with van der Waals surface area (Å²) in [5.74, 6) is 0. The molecule has 0 radical (unpaired) electrons. The van der Waals surface area contributed by atoms with Crippen LogP contribution in [0.2, 0.25) is 0 Å². The van der Waals surface area contributed by atoms with E-state index in [9.17, 15) is 5.11 Å². The molecule has 2 nitrogen and oxygen atoms in total. The highest BCUT2D eigenvalue weighted by Crippen LogP contribution is 2.44. The van der Waals surface area contributed by atoms with Gasteiger partial charge in [-0.2, -0.15) is 0 Å². The summed E-state index contributed by atoms with van der Waals surface area (Å²) in [5.41, 5.74) is 2.71. The molecule has 110 valence electrons. The molecular formula is C18H26O2. The Morgan fingerprint density at radius 3 is 2.75 bits per heavy atom. The molecule has 1 aliphatic heterocycles. The number of aliphatic hydroxyl groups is 1. The summed E-state index contributed by atoms with van der Waals surface area (Å²) in [4.78, 5) is 0. The standard InChI is InChI=1S/C18H26O2/c1-17(2)11-9-15(20-17)12-18(13-19)10-5-7-14-6-3-4-8-16(14)18/h3-4,6,8,15,19H,5,7,9-13H2,1-2H3. The summed E-state index contributed by atoms with van der Waals surface area (Å²) in [5, 5.41) is 10.1. The molecule has 1 N–H and O–H groups in total. The first-order chi connectivity index (χ1) is 9.55. The van der Waals surface area contributed by atoms with E-state index >= 15 is 0 Å². The summed E-state index contributed by atoms with van der Waals surface area (Å²) in [6, 6.07) is 8.65. The van der Waals surface area contributed by atoms with Gasteiger partial charge in [-0.3, -0.25) is 0 Å². The van der Waals surface area contributed by atoms with Crippen molar-refractivity contribution in [2.75, 3.05) is 6.61 Å². The topological polar surface area (TPSA) is 29.5 Å². The third-order valence-corrected chi connectivity index (χ3v) is 5.17. The number of benzene rings is 1. The molecule has 1 fully saturated rings. The Labute approximate surface area is 122 Å². The summed E-state index contributed by atoms with van der Waals surface area (Å²) >= 11 is 0. The zero-order valence-electron chi connectivity index (χ0n) is 12.7. The van der Waals surface area contributed by atoms with Gasteiger partial charge in [0.25, 0.3) is 0 Å². The van der Waals surface area contributed by atoms with Gasteiger partial charge in [0.1, 0.15) is 0 Å². The van der Waals surface area contributed by atoms with Gasteiger partial charge in [-0.25, -0.2) is 0 Å². The lowest BCUT2D eigenvalue weighted by Crippen LogP contribution is -2.38. The van der Waals surface area contributed by atoms with Crippen molar-refractivity contribution in [2.24, 2.45) is 0 Å². The van der Waals surface area contributed by atoms with Gasteiger partial charge in [0, 0.05) is 5.41 Å². The zero-order valence-corrected chi connectivity index (χ0v) is 12.7. The Morgan fingerprint density at radius 2 is 2.05 bits per heavy atom. The van der Waals surface area contributed by atoms with E-state index in [1.54, 1.807) is 0 Å². The second kappa shape index (κ2) is 5.16. The molecule has 1 heterocycles. The van der Waals surface area contributed by atoms with E-state index in [2.05, 4.69) is 38.1 Å². The second-order valence-corrected chi connectivity index (χ2v) is 7.19. The van der Waals surface area contributed by atoms with E-state index in [0.29, 0.717) is 6.10 Å². The lowest BCUT2D eigenvalue weighted by molar-refractivity contribution is -0.0338. The highest BCUT2D eigenvalue weighted by Gasteiger charge is 2.41. The minimum Gasteiger partial charge on any atom is -0.395 e. The second-order valence-electron chi connectivity index (χ2n) is 7.19. The van der Waals surface area contributed by atoms with Gasteiger partial charge in [-0.1, -0.05) is 24.3 Å². The van der Waals surface area contributed by atoms with Crippen LogP contribution in [-0.4, -0.2) is 23.4 Å². The fraction of sp³-hybridized carbons (Fsp3) is 0.667. The SMILES string of the molecule is CC1(C)CCC(CC2(CO)CCCc3ccccc32)O1. The summed E-state index contributed by atoms with van der Waals surface area (Å²) < 4.78 is 6.18. The van der Waals surface area contributed by atoms with Crippen LogP contribution in [0.3, 0.4) is 0 Å². The Morgan fingerprint density at radius 1 is 1.25 bits per heavy atom. The molecule has 2 atom stereocenters. The molecule has 2 aliphatic rings. The number of fused-ring (bicyclic) bond motifs is 1. The van der Waals surface area contributed by atoms with Crippen molar-refractivity contribution in [1.82, 2.24) is 0 Å². The molecule has 1 saturated heterocycles. The molecule has 0 spiro atoms. The van der Waals surface area contributed by atoms with Crippen molar-refractivity contribution in [3.8, 4) is 0 Å². The van der Waals surface area contributed by atoms with Gasteiger partial charge in [-0.05, 0) is 63.5 Å². The van der Waals surface area contributed by atoms with Crippen molar-refractivity contribution >= 4 is 0 Å². The Hall–Kier alpha value is -0.860. The largest absolute Gasteiger partial charge is 0.395 e. The van der Waals surface area contributed by atoms with Crippen LogP contribution >= 0.6 is 0 Å². The van der Waals surface area contributed by atoms with Crippen molar-refractivity contribution < 1.29 is 9.84 Å². The highest BCUT2D eigenvalue weighted by molar-refractivity contribution is 5.37. The van der Waals surface area contributed by atoms with Crippen molar-refractivity contribution in [2.45, 2.75) is 69.5 Å². The van der Waals surface area contributed by atoms with Crippen LogP contribution in [0.4, 0.5) is 0 Å². The van der Waals surface area contributed by atoms with Gasteiger partial charge in [0.2, 0.25) is 0 Å². The molecule has 0 amide bonds. The number of ether oxygens (including phenoxy) is 1. The first kappa shape index (κ1) is 14.1. The number of hydrogen-bond donors (Lipinski definition) is 1. The normalized spacial score (nSPS) is 32.0. The lowest BCUT2D eigenvalue weighted by Gasteiger charge is -2.39. The third kappa shape index (κ3) is 2.51.